The van der Waals surface area contributed by atoms with E-state index in [2.05, 4.69) is 5.32 Å². The van der Waals surface area contributed by atoms with Gasteiger partial charge in [-0.05, 0) is 30.3 Å². The van der Waals surface area contributed by atoms with Gasteiger partial charge < -0.3 is 5.32 Å². The van der Waals surface area contributed by atoms with Crippen LogP contribution in [-0.4, -0.2) is 11.9 Å². The maximum atomic E-state index is 13.3. The number of nitrogens with one attached hydrogen (secondary N) is 2. The Kier molecular flexibility index (Phi) is 5.24. The summed E-state index contributed by atoms with van der Waals surface area (Å²) in [6.45, 7) is 0. The van der Waals surface area contributed by atoms with Crippen LogP contribution in [0.15, 0.2) is 36.4 Å². The van der Waals surface area contributed by atoms with Crippen molar-refractivity contribution in [1.29, 1.82) is 0 Å². The van der Waals surface area contributed by atoms with Crippen LogP contribution in [-0.2, 0) is 0 Å². The molecule has 8 heteroatoms. The lowest BCUT2D eigenvalue weighted by Crippen LogP contribution is -2.34. The molecule has 0 saturated carbocycles. The molecule has 0 saturated heterocycles. The van der Waals surface area contributed by atoms with Gasteiger partial charge in [0.15, 0.2) is 0 Å². The summed E-state index contributed by atoms with van der Waals surface area (Å²) < 4.78 is 13.3. The third-order valence-corrected chi connectivity index (χ3v) is 3.53. The number of imide groups is 1. The smallest absolute Gasteiger partial charge is 0.308 e. The van der Waals surface area contributed by atoms with Crippen LogP contribution in [0.3, 0.4) is 0 Å². The van der Waals surface area contributed by atoms with E-state index >= 15 is 0 Å². The van der Waals surface area contributed by atoms with E-state index in [9.17, 15) is 14.0 Å². The molecule has 0 bridgehead atoms. The quantitative estimate of drug-likeness (QED) is 0.811. The first-order chi connectivity index (χ1) is 10.4. The first kappa shape index (κ1) is 16.5. The topological polar surface area (TPSA) is 58.2 Å². The van der Waals surface area contributed by atoms with Gasteiger partial charge in [-0.15, -0.1) is 0 Å². The standard InChI is InChI=1S/C14H8Cl3FN2O2/c15-8-5-4-7(6-11(8)18)19-14(22)20-13(21)12-9(16)2-1-3-10(12)17/h1-6H,(H2,19,20,21,22). The summed E-state index contributed by atoms with van der Waals surface area (Å²) in [6, 6.07) is 7.33. The molecule has 2 rings (SSSR count). The normalized spacial score (nSPS) is 10.2. The molecule has 0 fully saturated rings. The van der Waals surface area contributed by atoms with Crippen LogP contribution in [0.4, 0.5) is 14.9 Å². The molecule has 0 spiro atoms. The van der Waals surface area contributed by atoms with E-state index in [0.29, 0.717) is 0 Å². The van der Waals surface area contributed by atoms with Crippen molar-refractivity contribution in [3.05, 3.63) is 62.8 Å². The molecule has 0 radical (unpaired) electrons. The maximum absolute atomic E-state index is 13.3. The zero-order chi connectivity index (χ0) is 16.3. The predicted octanol–water partition coefficient (Wildman–Crippen LogP) is 4.75. The van der Waals surface area contributed by atoms with E-state index in [4.69, 9.17) is 34.8 Å². The first-order valence-electron chi connectivity index (χ1n) is 5.90. The van der Waals surface area contributed by atoms with Gasteiger partial charge in [0.2, 0.25) is 0 Å². The summed E-state index contributed by atoms with van der Waals surface area (Å²) in [7, 11) is 0. The number of rotatable bonds is 2. The van der Waals surface area contributed by atoms with E-state index in [1.165, 1.54) is 24.3 Å². The van der Waals surface area contributed by atoms with Crippen LogP contribution in [0.1, 0.15) is 10.4 Å². The Morgan fingerprint density at radius 3 is 2.18 bits per heavy atom. The van der Waals surface area contributed by atoms with E-state index in [1.807, 2.05) is 5.32 Å². The lowest BCUT2D eigenvalue weighted by molar-refractivity contribution is 0.0967. The molecule has 4 nitrogen and oxygen atoms in total. The fraction of sp³-hybridized carbons (Fsp3) is 0. The van der Waals surface area contributed by atoms with Crippen LogP contribution in [0.5, 0.6) is 0 Å². The fourth-order valence-electron chi connectivity index (χ4n) is 1.62. The van der Waals surface area contributed by atoms with Gasteiger partial charge in [-0.2, -0.15) is 0 Å². The van der Waals surface area contributed by atoms with Crippen molar-refractivity contribution >= 4 is 52.4 Å². The Bertz CT molecular complexity index is 733. The molecule has 3 amide bonds. The lowest BCUT2D eigenvalue weighted by Gasteiger charge is -2.09. The first-order valence-corrected chi connectivity index (χ1v) is 7.03. The second-order valence-corrected chi connectivity index (χ2v) is 5.36. The van der Waals surface area contributed by atoms with Gasteiger partial charge >= 0.3 is 6.03 Å². The summed E-state index contributed by atoms with van der Waals surface area (Å²) in [5, 5.41) is 4.48. The van der Waals surface area contributed by atoms with Gasteiger partial charge in [0.05, 0.1) is 20.6 Å². The minimum atomic E-state index is -0.859. The number of hydrogen-bond acceptors (Lipinski definition) is 2. The van der Waals surface area contributed by atoms with Crippen molar-refractivity contribution in [2.45, 2.75) is 0 Å². The summed E-state index contributed by atoms with van der Waals surface area (Å²) >= 11 is 17.3. The van der Waals surface area contributed by atoms with Crippen molar-refractivity contribution in [3.8, 4) is 0 Å². The third-order valence-electron chi connectivity index (χ3n) is 2.59. The summed E-state index contributed by atoms with van der Waals surface area (Å²) in [5.41, 5.74) is 0.112. The van der Waals surface area contributed by atoms with E-state index in [0.717, 1.165) is 6.07 Å². The van der Waals surface area contributed by atoms with Crippen molar-refractivity contribution in [1.82, 2.24) is 5.32 Å². The second-order valence-electron chi connectivity index (χ2n) is 4.13. The highest BCUT2D eigenvalue weighted by Crippen LogP contribution is 2.24. The average molecular weight is 362 g/mol. The van der Waals surface area contributed by atoms with E-state index in [-0.39, 0.29) is 26.3 Å². The maximum Gasteiger partial charge on any atom is 0.326 e. The molecule has 0 unspecified atom stereocenters. The highest BCUT2D eigenvalue weighted by molar-refractivity contribution is 6.40. The zero-order valence-electron chi connectivity index (χ0n) is 10.8. The largest absolute Gasteiger partial charge is 0.326 e. The SMILES string of the molecule is O=C(NC(=O)c1c(Cl)cccc1Cl)Nc1ccc(Cl)c(F)c1. The van der Waals surface area contributed by atoms with Gasteiger partial charge in [-0.25, -0.2) is 9.18 Å². The van der Waals surface area contributed by atoms with Gasteiger partial charge in [0.25, 0.3) is 5.91 Å². The Hall–Kier alpha value is -1.82. The number of carbonyl (C=O) groups excluding carboxylic acids is 2. The van der Waals surface area contributed by atoms with Crippen molar-refractivity contribution in [2.75, 3.05) is 5.32 Å². The monoisotopic (exact) mass is 360 g/mol. The van der Waals surface area contributed by atoms with Crippen molar-refractivity contribution in [3.63, 3.8) is 0 Å². The number of hydrogen-bond donors (Lipinski definition) is 2. The van der Waals surface area contributed by atoms with Crippen LogP contribution in [0.2, 0.25) is 15.1 Å². The van der Waals surface area contributed by atoms with Crippen LogP contribution in [0.25, 0.3) is 0 Å². The number of amides is 3. The number of anilines is 1. The number of benzene rings is 2. The number of halogens is 4. The number of carbonyl (C=O) groups is 2. The Morgan fingerprint density at radius 1 is 0.955 bits per heavy atom. The van der Waals surface area contributed by atoms with Gasteiger partial charge in [-0.3, -0.25) is 10.1 Å². The van der Waals surface area contributed by atoms with Gasteiger partial charge in [0.1, 0.15) is 5.82 Å². The second kappa shape index (κ2) is 6.96. The molecule has 0 heterocycles. The molecule has 0 aliphatic rings. The molecule has 0 aromatic heterocycles. The highest BCUT2D eigenvalue weighted by Gasteiger charge is 2.17. The Labute approximate surface area is 140 Å². The van der Waals surface area contributed by atoms with Crippen molar-refractivity contribution in [2.24, 2.45) is 0 Å². The van der Waals surface area contributed by atoms with Crippen LogP contribution < -0.4 is 10.6 Å². The van der Waals surface area contributed by atoms with Crippen molar-refractivity contribution < 1.29 is 14.0 Å². The molecule has 0 atom stereocenters. The molecule has 2 aromatic carbocycles. The fourth-order valence-corrected chi connectivity index (χ4v) is 2.30. The average Bonchev–Trinajstić information content (AvgIpc) is 2.42. The minimum absolute atomic E-state index is 0.0247. The zero-order valence-corrected chi connectivity index (χ0v) is 13.1. The molecular formula is C14H8Cl3FN2O2. The van der Waals surface area contributed by atoms with E-state index < -0.39 is 17.8 Å². The summed E-state index contributed by atoms with van der Waals surface area (Å²) in [6.07, 6.45) is 0. The molecule has 114 valence electrons. The summed E-state index contributed by atoms with van der Waals surface area (Å²) in [4.78, 5) is 23.7. The Balaban J connectivity index is 2.08. The molecule has 0 aliphatic carbocycles. The van der Waals surface area contributed by atoms with Crippen LogP contribution >= 0.6 is 34.8 Å². The number of urea groups is 1. The molecule has 2 aromatic rings. The molecular weight excluding hydrogens is 354 g/mol. The summed E-state index contributed by atoms with van der Waals surface area (Å²) in [5.74, 6) is -1.47. The van der Waals surface area contributed by atoms with E-state index in [1.54, 1.807) is 6.07 Å². The van der Waals surface area contributed by atoms with Gasteiger partial charge in [0, 0.05) is 5.69 Å². The van der Waals surface area contributed by atoms with Crippen LogP contribution in [0, 0.1) is 5.82 Å². The minimum Gasteiger partial charge on any atom is -0.308 e. The predicted molar refractivity (Wildman–Crippen MR) is 84.4 cm³/mol. The molecule has 22 heavy (non-hydrogen) atoms. The highest BCUT2D eigenvalue weighted by atomic mass is 35.5. The Morgan fingerprint density at radius 2 is 1.59 bits per heavy atom. The molecule has 2 N–H and O–H groups in total. The third kappa shape index (κ3) is 3.88. The molecule has 0 aliphatic heterocycles. The lowest BCUT2D eigenvalue weighted by atomic mass is 10.2. The van der Waals surface area contributed by atoms with Gasteiger partial charge in [-0.1, -0.05) is 40.9 Å².